The van der Waals surface area contributed by atoms with E-state index in [1.54, 1.807) is 4.90 Å². The molecule has 0 saturated heterocycles. The molecule has 0 spiro atoms. The Morgan fingerprint density at radius 2 is 1.75 bits per heavy atom. The van der Waals surface area contributed by atoms with Gasteiger partial charge >= 0.3 is 0 Å². The minimum atomic E-state index is -0.576. The van der Waals surface area contributed by atoms with Gasteiger partial charge in [-0.1, -0.05) is 25.3 Å². The molecule has 0 heterocycles. The van der Waals surface area contributed by atoms with Gasteiger partial charge in [0.25, 0.3) is 0 Å². The Morgan fingerprint density at radius 3 is 2.38 bits per heavy atom. The summed E-state index contributed by atoms with van der Waals surface area (Å²) in [4.78, 5) is 14.9. The van der Waals surface area contributed by atoms with Crippen LogP contribution < -0.4 is 5.73 Å². The number of hydrogen-bond donors (Lipinski definition) is 1. The zero-order chi connectivity index (χ0) is 17.1. The average molecular weight is 336 g/mol. The topological polar surface area (TPSA) is 46.3 Å². The molecule has 1 amide bonds. The molecule has 3 rings (SSSR count). The van der Waals surface area contributed by atoms with Gasteiger partial charge in [-0.25, -0.2) is 8.78 Å². The minimum absolute atomic E-state index is 0.0000420. The summed E-state index contributed by atoms with van der Waals surface area (Å²) in [7, 11) is 0. The van der Waals surface area contributed by atoms with E-state index >= 15 is 0 Å². The number of benzene rings is 1. The van der Waals surface area contributed by atoms with E-state index in [1.807, 2.05) is 0 Å². The van der Waals surface area contributed by atoms with Gasteiger partial charge in [-0.05, 0) is 50.3 Å². The third-order valence-electron chi connectivity index (χ3n) is 5.72. The minimum Gasteiger partial charge on any atom is -0.335 e. The van der Waals surface area contributed by atoms with Crippen LogP contribution in [0.4, 0.5) is 8.78 Å². The lowest BCUT2D eigenvalue weighted by Gasteiger charge is -2.33. The van der Waals surface area contributed by atoms with Gasteiger partial charge in [-0.15, -0.1) is 0 Å². The molecule has 2 atom stereocenters. The van der Waals surface area contributed by atoms with Crippen molar-refractivity contribution >= 4 is 5.91 Å². The van der Waals surface area contributed by atoms with Crippen molar-refractivity contribution in [3.8, 4) is 0 Å². The van der Waals surface area contributed by atoms with E-state index in [9.17, 15) is 13.6 Å². The lowest BCUT2D eigenvalue weighted by atomic mass is 9.93. The van der Waals surface area contributed by atoms with E-state index < -0.39 is 11.6 Å². The number of carbonyl (C=O) groups excluding carboxylic acids is 1. The Kier molecular flexibility index (Phi) is 5.49. The highest BCUT2D eigenvalue weighted by Crippen LogP contribution is 2.35. The summed E-state index contributed by atoms with van der Waals surface area (Å²) in [6.45, 7) is 0.527. The second kappa shape index (κ2) is 7.60. The first-order valence-corrected chi connectivity index (χ1v) is 9.05. The highest BCUT2D eigenvalue weighted by molar-refractivity contribution is 5.80. The van der Waals surface area contributed by atoms with E-state index in [-0.39, 0.29) is 35.9 Å². The molecule has 0 aliphatic heterocycles. The highest BCUT2D eigenvalue weighted by Gasteiger charge is 2.38. The number of hydrogen-bond acceptors (Lipinski definition) is 2. The van der Waals surface area contributed by atoms with Crippen LogP contribution >= 0.6 is 0 Å². The predicted octanol–water partition coefficient (Wildman–Crippen LogP) is 3.61. The Balaban J connectivity index is 1.85. The molecule has 2 N–H and O–H groups in total. The van der Waals surface area contributed by atoms with Crippen molar-refractivity contribution < 1.29 is 13.6 Å². The lowest BCUT2D eigenvalue weighted by Crippen LogP contribution is -2.44. The SMILES string of the molecule is NC[C@H]1CCC[C@H]1C(=O)N(Cc1c(F)cccc1F)C1CCCC1. The number of nitrogens with two attached hydrogens (primary N) is 1. The van der Waals surface area contributed by atoms with Crippen molar-refractivity contribution in [1.29, 1.82) is 0 Å². The van der Waals surface area contributed by atoms with Crippen molar-refractivity contribution in [3.63, 3.8) is 0 Å². The molecule has 3 nitrogen and oxygen atoms in total. The Bertz CT molecular complexity index is 566. The third-order valence-corrected chi connectivity index (χ3v) is 5.72. The van der Waals surface area contributed by atoms with E-state index in [4.69, 9.17) is 5.73 Å². The van der Waals surface area contributed by atoms with Crippen LogP contribution in [0.1, 0.15) is 50.5 Å². The number of nitrogens with zero attached hydrogens (tertiary/aromatic N) is 1. The highest BCUT2D eigenvalue weighted by atomic mass is 19.1. The molecule has 1 aromatic rings. The molecule has 2 aliphatic rings. The summed E-state index contributed by atoms with van der Waals surface area (Å²) in [6.07, 6.45) is 6.79. The van der Waals surface area contributed by atoms with Crippen LogP contribution in [0.25, 0.3) is 0 Å². The van der Waals surface area contributed by atoms with Gasteiger partial charge < -0.3 is 10.6 Å². The van der Waals surface area contributed by atoms with Crippen LogP contribution in [-0.4, -0.2) is 23.4 Å². The van der Waals surface area contributed by atoms with Crippen LogP contribution in [0.3, 0.4) is 0 Å². The van der Waals surface area contributed by atoms with Crippen molar-refractivity contribution in [3.05, 3.63) is 35.4 Å². The normalized spacial score (nSPS) is 24.5. The molecule has 0 bridgehead atoms. The van der Waals surface area contributed by atoms with Crippen LogP contribution in [0, 0.1) is 23.5 Å². The molecular weight excluding hydrogens is 310 g/mol. The van der Waals surface area contributed by atoms with Crippen molar-refractivity contribution in [2.45, 2.75) is 57.5 Å². The fourth-order valence-corrected chi connectivity index (χ4v) is 4.31. The molecule has 0 radical (unpaired) electrons. The van der Waals surface area contributed by atoms with E-state index in [1.165, 1.54) is 18.2 Å². The molecule has 1 aromatic carbocycles. The molecule has 2 fully saturated rings. The van der Waals surface area contributed by atoms with Crippen molar-refractivity contribution in [2.24, 2.45) is 17.6 Å². The van der Waals surface area contributed by atoms with E-state index in [0.717, 1.165) is 44.9 Å². The summed E-state index contributed by atoms with van der Waals surface area (Å²) in [6, 6.07) is 3.97. The first-order chi connectivity index (χ1) is 11.6. The molecule has 2 aliphatic carbocycles. The summed E-state index contributed by atoms with van der Waals surface area (Å²) in [5.41, 5.74) is 5.83. The third kappa shape index (κ3) is 3.46. The standard InChI is InChI=1S/C19H26F2N2O/c20-17-9-4-10-18(21)16(17)12-23(14-6-1-2-7-14)19(24)15-8-3-5-13(15)11-22/h4,9-10,13-15H,1-3,5-8,11-12,22H2/t13-,15-/m1/s1. The molecule has 0 unspecified atom stereocenters. The van der Waals surface area contributed by atoms with Crippen molar-refractivity contribution in [2.75, 3.05) is 6.54 Å². The Morgan fingerprint density at radius 1 is 1.08 bits per heavy atom. The van der Waals surface area contributed by atoms with Gasteiger partial charge in [0, 0.05) is 17.5 Å². The maximum atomic E-state index is 14.1. The van der Waals surface area contributed by atoms with Crippen LogP contribution in [0.15, 0.2) is 18.2 Å². The zero-order valence-corrected chi connectivity index (χ0v) is 14.0. The number of halogens is 2. The molecule has 0 aromatic heterocycles. The second-order valence-electron chi connectivity index (χ2n) is 7.14. The van der Waals surface area contributed by atoms with Crippen LogP contribution in [0.5, 0.6) is 0 Å². The Labute approximate surface area is 142 Å². The summed E-state index contributed by atoms with van der Waals surface area (Å²) in [5, 5.41) is 0. The first-order valence-electron chi connectivity index (χ1n) is 9.05. The lowest BCUT2D eigenvalue weighted by molar-refractivity contribution is -0.139. The van der Waals surface area contributed by atoms with Gasteiger partial charge in [-0.3, -0.25) is 4.79 Å². The van der Waals surface area contributed by atoms with Crippen molar-refractivity contribution in [1.82, 2.24) is 4.90 Å². The van der Waals surface area contributed by atoms with Gasteiger partial charge in [0.15, 0.2) is 0 Å². The molecule has 132 valence electrons. The summed E-state index contributed by atoms with van der Waals surface area (Å²) < 4.78 is 28.2. The number of carbonyl (C=O) groups is 1. The van der Waals surface area contributed by atoms with Gasteiger partial charge in [0.05, 0.1) is 6.54 Å². The van der Waals surface area contributed by atoms with Gasteiger partial charge in [0.2, 0.25) is 5.91 Å². The molecular formula is C19H26F2N2O. The average Bonchev–Trinajstić information content (AvgIpc) is 3.25. The second-order valence-corrected chi connectivity index (χ2v) is 7.14. The predicted molar refractivity (Wildman–Crippen MR) is 89.0 cm³/mol. The fraction of sp³-hybridized carbons (Fsp3) is 0.632. The molecule has 2 saturated carbocycles. The van der Waals surface area contributed by atoms with Crippen LogP contribution in [-0.2, 0) is 11.3 Å². The smallest absolute Gasteiger partial charge is 0.226 e. The van der Waals surface area contributed by atoms with E-state index in [0.29, 0.717) is 6.54 Å². The molecule has 5 heteroatoms. The van der Waals surface area contributed by atoms with Gasteiger partial charge in [0.1, 0.15) is 11.6 Å². The first kappa shape index (κ1) is 17.3. The number of rotatable bonds is 5. The fourth-order valence-electron chi connectivity index (χ4n) is 4.31. The monoisotopic (exact) mass is 336 g/mol. The largest absolute Gasteiger partial charge is 0.335 e. The summed E-state index contributed by atoms with van der Waals surface area (Å²) in [5.74, 6) is -1.00. The maximum Gasteiger partial charge on any atom is 0.226 e. The maximum absolute atomic E-state index is 14.1. The van der Waals surface area contributed by atoms with Gasteiger partial charge in [-0.2, -0.15) is 0 Å². The number of amides is 1. The summed E-state index contributed by atoms with van der Waals surface area (Å²) >= 11 is 0. The quantitative estimate of drug-likeness (QED) is 0.893. The molecule has 24 heavy (non-hydrogen) atoms. The Hall–Kier alpha value is -1.49. The zero-order valence-electron chi connectivity index (χ0n) is 14.0. The van der Waals surface area contributed by atoms with E-state index in [2.05, 4.69) is 0 Å². The van der Waals surface area contributed by atoms with Crippen LogP contribution in [0.2, 0.25) is 0 Å².